The molecule has 0 fully saturated rings. The maximum absolute atomic E-state index is 13.0. The van der Waals surface area contributed by atoms with Gasteiger partial charge in [0.2, 0.25) is 0 Å². The fourth-order valence-electron chi connectivity index (χ4n) is 3.59. The van der Waals surface area contributed by atoms with Crippen molar-refractivity contribution in [2.75, 3.05) is 5.73 Å². The van der Waals surface area contributed by atoms with Crippen molar-refractivity contribution in [1.29, 1.82) is 0 Å². The molecule has 0 spiro atoms. The number of halogens is 1. The molecule has 140 valence electrons. The van der Waals surface area contributed by atoms with E-state index in [2.05, 4.69) is 15.4 Å². The van der Waals surface area contributed by atoms with Crippen molar-refractivity contribution in [3.05, 3.63) is 77.4 Å². The summed E-state index contributed by atoms with van der Waals surface area (Å²) in [6, 6.07) is 13.6. The number of nitrogens with zero attached hydrogens (tertiary/aromatic N) is 3. The average Bonchev–Trinajstić information content (AvgIpc) is 3.15. The molecule has 1 aliphatic carbocycles. The van der Waals surface area contributed by atoms with E-state index in [1.807, 2.05) is 42.5 Å². The van der Waals surface area contributed by atoms with Crippen molar-refractivity contribution >= 4 is 24.0 Å². The van der Waals surface area contributed by atoms with Gasteiger partial charge in [-0.2, -0.15) is 5.10 Å². The number of amides is 1. The molecule has 1 atom stereocenters. The highest BCUT2D eigenvalue weighted by molar-refractivity contribution is 5.96. The van der Waals surface area contributed by atoms with Crippen LogP contribution in [0, 0.1) is 0 Å². The molecule has 4 rings (SSSR count). The van der Waals surface area contributed by atoms with Crippen LogP contribution in [-0.2, 0) is 13.0 Å². The third kappa shape index (κ3) is 4.11. The van der Waals surface area contributed by atoms with Gasteiger partial charge in [0.15, 0.2) is 0 Å². The fourth-order valence-corrected chi connectivity index (χ4v) is 3.59. The van der Waals surface area contributed by atoms with Gasteiger partial charge in [-0.1, -0.05) is 24.3 Å². The molecule has 2 aromatic carbocycles. The van der Waals surface area contributed by atoms with Gasteiger partial charge in [0.1, 0.15) is 12.7 Å². The summed E-state index contributed by atoms with van der Waals surface area (Å²) in [5, 5.41) is 7.33. The van der Waals surface area contributed by atoms with Gasteiger partial charge in [0, 0.05) is 11.3 Å². The Kier molecular flexibility index (Phi) is 5.76. The number of nitrogens with one attached hydrogen (secondary N) is 1. The second-order valence-electron chi connectivity index (χ2n) is 6.63. The lowest BCUT2D eigenvalue weighted by atomic mass is 9.87. The first kappa shape index (κ1) is 18.9. The van der Waals surface area contributed by atoms with Crippen LogP contribution in [-0.4, -0.2) is 20.7 Å². The largest absolute Gasteiger partial charge is 0.399 e. The summed E-state index contributed by atoms with van der Waals surface area (Å²) < 4.78 is 1.71. The van der Waals surface area contributed by atoms with Crippen LogP contribution in [0.15, 0.2) is 55.1 Å². The number of nitrogens with two attached hydrogens (primary N) is 1. The van der Waals surface area contributed by atoms with Gasteiger partial charge in [-0.05, 0) is 54.2 Å². The number of hydrogen-bond acceptors (Lipinski definition) is 4. The molecule has 7 heteroatoms. The van der Waals surface area contributed by atoms with E-state index in [4.69, 9.17) is 5.73 Å². The Morgan fingerprint density at radius 2 is 2.11 bits per heavy atom. The molecule has 0 radical (unpaired) electrons. The van der Waals surface area contributed by atoms with Crippen molar-refractivity contribution in [3.63, 3.8) is 0 Å². The van der Waals surface area contributed by atoms with Crippen LogP contribution in [0.4, 0.5) is 5.69 Å². The first-order chi connectivity index (χ1) is 12.7. The fraction of sp³-hybridized carbons (Fsp3) is 0.250. The SMILES string of the molecule is Cl.Nc1ccc2c(c1)CCCC2NC(=O)c1ccccc1Cn1cncn1. The van der Waals surface area contributed by atoms with Crippen molar-refractivity contribution in [1.82, 2.24) is 20.1 Å². The van der Waals surface area contributed by atoms with Crippen molar-refractivity contribution in [2.45, 2.75) is 31.8 Å². The number of aromatic nitrogens is 3. The van der Waals surface area contributed by atoms with E-state index >= 15 is 0 Å². The maximum Gasteiger partial charge on any atom is 0.252 e. The van der Waals surface area contributed by atoms with Gasteiger partial charge in [0.05, 0.1) is 12.6 Å². The first-order valence-corrected chi connectivity index (χ1v) is 8.80. The smallest absolute Gasteiger partial charge is 0.252 e. The highest BCUT2D eigenvalue weighted by Gasteiger charge is 2.23. The van der Waals surface area contributed by atoms with Gasteiger partial charge >= 0.3 is 0 Å². The Bertz CT molecular complexity index is 926. The number of rotatable bonds is 4. The summed E-state index contributed by atoms with van der Waals surface area (Å²) >= 11 is 0. The number of carbonyl (C=O) groups is 1. The number of aryl methyl sites for hydroxylation is 1. The minimum absolute atomic E-state index is 0. The molecule has 1 aliphatic rings. The summed E-state index contributed by atoms with van der Waals surface area (Å²) in [5.41, 5.74) is 10.7. The predicted molar refractivity (Wildman–Crippen MR) is 107 cm³/mol. The lowest BCUT2D eigenvalue weighted by Gasteiger charge is -2.27. The Hall–Kier alpha value is -2.86. The molecule has 0 saturated heterocycles. The standard InChI is InChI=1S/C20H21N5O.ClH/c21-16-8-9-17-14(10-16)5-3-7-19(17)24-20(26)18-6-2-1-4-15(18)11-25-13-22-12-23-25;/h1-2,4,6,8-10,12-13,19H,3,5,7,11,21H2,(H,24,26);1H. The van der Waals surface area contributed by atoms with E-state index in [0.29, 0.717) is 12.1 Å². The lowest BCUT2D eigenvalue weighted by Crippen LogP contribution is -2.31. The number of anilines is 1. The van der Waals surface area contributed by atoms with Crippen LogP contribution < -0.4 is 11.1 Å². The molecular weight excluding hydrogens is 362 g/mol. The van der Waals surface area contributed by atoms with Crippen LogP contribution in [0.5, 0.6) is 0 Å². The average molecular weight is 384 g/mol. The zero-order valence-electron chi connectivity index (χ0n) is 14.8. The minimum Gasteiger partial charge on any atom is -0.399 e. The van der Waals surface area contributed by atoms with Crippen LogP contribution in [0.1, 0.15) is 45.9 Å². The van der Waals surface area contributed by atoms with Crippen LogP contribution in [0.3, 0.4) is 0 Å². The lowest BCUT2D eigenvalue weighted by molar-refractivity contribution is 0.0931. The number of benzene rings is 2. The van der Waals surface area contributed by atoms with Crippen LogP contribution >= 0.6 is 12.4 Å². The van der Waals surface area contributed by atoms with E-state index in [1.54, 1.807) is 11.0 Å². The third-order valence-electron chi connectivity index (χ3n) is 4.85. The molecule has 1 amide bonds. The predicted octanol–water partition coefficient (Wildman–Crippen LogP) is 3.14. The van der Waals surface area contributed by atoms with E-state index in [0.717, 1.165) is 30.5 Å². The first-order valence-electron chi connectivity index (χ1n) is 8.80. The molecule has 1 aromatic heterocycles. The van der Waals surface area contributed by atoms with Crippen LogP contribution in [0.2, 0.25) is 0 Å². The van der Waals surface area contributed by atoms with Gasteiger partial charge in [-0.25, -0.2) is 9.67 Å². The molecular formula is C20H22ClN5O. The summed E-state index contributed by atoms with van der Waals surface area (Å²) in [4.78, 5) is 16.9. The molecule has 0 bridgehead atoms. The van der Waals surface area contributed by atoms with Crippen molar-refractivity contribution in [3.8, 4) is 0 Å². The topological polar surface area (TPSA) is 85.8 Å². The molecule has 0 saturated carbocycles. The molecule has 27 heavy (non-hydrogen) atoms. The molecule has 0 aliphatic heterocycles. The zero-order valence-corrected chi connectivity index (χ0v) is 15.7. The molecule has 1 heterocycles. The summed E-state index contributed by atoms with van der Waals surface area (Å²) in [6.07, 6.45) is 6.13. The number of carbonyl (C=O) groups excluding carboxylic acids is 1. The van der Waals surface area contributed by atoms with E-state index in [-0.39, 0.29) is 24.4 Å². The van der Waals surface area contributed by atoms with Gasteiger partial charge in [0.25, 0.3) is 5.91 Å². The molecule has 1 unspecified atom stereocenters. The van der Waals surface area contributed by atoms with Crippen molar-refractivity contribution < 1.29 is 4.79 Å². The zero-order chi connectivity index (χ0) is 17.9. The van der Waals surface area contributed by atoms with E-state index in [1.165, 1.54) is 17.5 Å². The minimum atomic E-state index is -0.0598. The Labute approximate surface area is 164 Å². The molecule has 6 nitrogen and oxygen atoms in total. The highest BCUT2D eigenvalue weighted by Crippen LogP contribution is 2.31. The Morgan fingerprint density at radius 3 is 2.93 bits per heavy atom. The summed E-state index contributed by atoms with van der Waals surface area (Å²) in [6.45, 7) is 0.515. The number of fused-ring (bicyclic) bond motifs is 1. The monoisotopic (exact) mass is 383 g/mol. The summed E-state index contributed by atoms with van der Waals surface area (Å²) in [5.74, 6) is -0.0598. The molecule has 3 aromatic rings. The summed E-state index contributed by atoms with van der Waals surface area (Å²) in [7, 11) is 0. The van der Waals surface area contributed by atoms with Gasteiger partial charge in [-0.15, -0.1) is 12.4 Å². The van der Waals surface area contributed by atoms with E-state index in [9.17, 15) is 4.79 Å². The number of nitrogen functional groups attached to an aromatic ring is 1. The van der Waals surface area contributed by atoms with Crippen LogP contribution in [0.25, 0.3) is 0 Å². The molecule has 3 N–H and O–H groups in total. The normalized spacial score (nSPS) is 15.5. The van der Waals surface area contributed by atoms with Gasteiger partial charge < -0.3 is 11.1 Å². The van der Waals surface area contributed by atoms with E-state index < -0.39 is 0 Å². The quantitative estimate of drug-likeness (QED) is 0.678. The second kappa shape index (κ2) is 8.22. The Morgan fingerprint density at radius 1 is 1.26 bits per heavy atom. The maximum atomic E-state index is 13.0. The second-order valence-corrected chi connectivity index (χ2v) is 6.63. The number of hydrogen-bond donors (Lipinski definition) is 2. The Balaban J connectivity index is 0.00000210. The highest BCUT2D eigenvalue weighted by atomic mass is 35.5. The van der Waals surface area contributed by atoms with Gasteiger partial charge in [-0.3, -0.25) is 4.79 Å². The third-order valence-corrected chi connectivity index (χ3v) is 4.85. The van der Waals surface area contributed by atoms with Crippen molar-refractivity contribution in [2.24, 2.45) is 0 Å².